The van der Waals surface area contributed by atoms with Crippen LogP contribution in [0, 0.1) is 0 Å². The Morgan fingerprint density at radius 2 is 2.23 bits per heavy atom. The van der Waals surface area contributed by atoms with Crippen LogP contribution in [0.15, 0.2) is 44.8 Å². The zero-order valence-corrected chi connectivity index (χ0v) is 8.18. The SMILES string of the molecule is Cl/C=C/Sc1nc2ccccc2o1. The van der Waals surface area contributed by atoms with E-state index in [-0.39, 0.29) is 0 Å². The molecular formula is C9H6ClNOS. The number of fused-ring (bicyclic) bond motifs is 1. The van der Waals surface area contributed by atoms with E-state index in [4.69, 9.17) is 16.0 Å². The van der Waals surface area contributed by atoms with Crippen LogP contribution in [0.2, 0.25) is 0 Å². The second kappa shape index (κ2) is 3.85. The van der Waals surface area contributed by atoms with Crippen LogP contribution in [-0.4, -0.2) is 4.98 Å². The van der Waals surface area contributed by atoms with Gasteiger partial charge < -0.3 is 4.42 Å². The van der Waals surface area contributed by atoms with Gasteiger partial charge in [-0.05, 0) is 29.3 Å². The highest BCUT2D eigenvalue weighted by atomic mass is 35.5. The predicted molar refractivity (Wildman–Crippen MR) is 54.9 cm³/mol. The lowest BCUT2D eigenvalue weighted by molar-refractivity contribution is 0.490. The summed E-state index contributed by atoms with van der Waals surface area (Å²) < 4.78 is 5.41. The van der Waals surface area contributed by atoms with Gasteiger partial charge in [0.1, 0.15) is 5.52 Å². The normalized spacial score (nSPS) is 11.5. The van der Waals surface area contributed by atoms with Crippen molar-refractivity contribution in [2.24, 2.45) is 0 Å². The molecule has 2 nitrogen and oxygen atoms in total. The zero-order valence-electron chi connectivity index (χ0n) is 6.61. The molecule has 0 N–H and O–H groups in total. The number of benzene rings is 1. The Kier molecular flexibility index (Phi) is 2.57. The molecule has 0 spiro atoms. The zero-order chi connectivity index (χ0) is 9.10. The van der Waals surface area contributed by atoms with E-state index in [1.54, 1.807) is 5.41 Å². The fraction of sp³-hybridized carbons (Fsp3) is 0. The molecule has 2 aromatic rings. The number of para-hydroxylation sites is 2. The summed E-state index contributed by atoms with van der Waals surface area (Å²) in [5, 5.41) is 2.32. The summed E-state index contributed by atoms with van der Waals surface area (Å²) in [7, 11) is 0. The van der Waals surface area contributed by atoms with E-state index in [1.165, 1.54) is 17.3 Å². The van der Waals surface area contributed by atoms with Crippen molar-refractivity contribution >= 4 is 34.5 Å². The number of oxazole rings is 1. The first kappa shape index (κ1) is 8.66. The standard InChI is InChI=1S/C9H6ClNOS/c10-5-6-13-9-11-7-3-1-2-4-8(7)12-9/h1-6H/b6-5+. The van der Waals surface area contributed by atoms with Gasteiger partial charge in [-0.15, -0.1) is 0 Å². The highest BCUT2D eigenvalue weighted by Gasteiger charge is 2.02. The lowest BCUT2D eigenvalue weighted by Crippen LogP contribution is -1.65. The third kappa shape index (κ3) is 1.87. The van der Waals surface area contributed by atoms with Crippen LogP contribution in [0.1, 0.15) is 0 Å². The van der Waals surface area contributed by atoms with Crippen molar-refractivity contribution < 1.29 is 4.42 Å². The summed E-state index contributed by atoms with van der Waals surface area (Å²) in [6.07, 6.45) is 0. The summed E-state index contributed by atoms with van der Waals surface area (Å²) in [5.74, 6) is 0. The second-order valence-electron chi connectivity index (χ2n) is 2.33. The summed E-state index contributed by atoms with van der Waals surface area (Å²) in [6.45, 7) is 0. The molecule has 66 valence electrons. The van der Waals surface area contributed by atoms with Crippen LogP contribution >= 0.6 is 23.4 Å². The van der Waals surface area contributed by atoms with Crippen LogP contribution in [0.4, 0.5) is 0 Å². The topological polar surface area (TPSA) is 26.0 Å². The largest absolute Gasteiger partial charge is 0.431 e. The quantitative estimate of drug-likeness (QED) is 0.710. The molecular weight excluding hydrogens is 206 g/mol. The van der Waals surface area contributed by atoms with Gasteiger partial charge in [0.05, 0.1) is 0 Å². The maximum Gasteiger partial charge on any atom is 0.261 e. The molecule has 2 rings (SSSR count). The van der Waals surface area contributed by atoms with Gasteiger partial charge in [0.25, 0.3) is 5.22 Å². The fourth-order valence-corrected chi connectivity index (χ4v) is 1.60. The van der Waals surface area contributed by atoms with Gasteiger partial charge in [0, 0.05) is 5.54 Å². The first-order chi connectivity index (χ1) is 6.40. The van der Waals surface area contributed by atoms with E-state index in [9.17, 15) is 0 Å². The molecule has 13 heavy (non-hydrogen) atoms. The van der Waals surface area contributed by atoms with E-state index in [0.717, 1.165) is 11.1 Å². The van der Waals surface area contributed by atoms with Gasteiger partial charge in [-0.2, -0.15) is 0 Å². The Hall–Kier alpha value is -0.930. The van der Waals surface area contributed by atoms with Gasteiger partial charge in [-0.1, -0.05) is 23.7 Å². The third-order valence-corrected chi connectivity index (χ3v) is 2.42. The van der Waals surface area contributed by atoms with Crippen LogP contribution in [0.25, 0.3) is 11.1 Å². The van der Waals surface area contributed by atoms with Crippen LogP contribution < -0.4 is 0 Å². The number of hydrogen-bond donors (Lipinski definition) is 0. The molecule has 0 aliphatic heterocycles. The number of rotatable bonds is 2. The average Bonchev–Trinajstić information content (AvgIpc) is 2.57. The molecule has 0 fully saturated rings. The molecule has 0 bridgehead atoms. The van der Waals surface area contributed by atoms with Gasteiger partial charge in [-0.25, -0.2) is 4.98 Å². The Balaban J connectivity index is 2.38. The van der Waals surface area contributed by atoms with Crippen molar-refractivity contribution in [3.05, 3.63) is 35.2 Å². The first-order valence-corrected chi connectivity index (χ1v) is 4.99. The predicted octanol–water partition coefficient (Wildman–Crippen LogP) is 3.63. The summed E-state index contributed by atoms with van der Waals surface area (Å²) in [4.78, 5) is 4.24. The number of halogens is 1. The summed E-state index contributed by atoms with van der Waals surface area (Å²) >= 11 is 6.74. The van der Waals surface area contributed by atoms with Gasteiger partial charge in [0.15, 0.2) is 5.58 Å². The molecule has 0 saturated heterocycles. The molecule has 0 aliphatic carbocycles. The van der Waals surface area contributed by atoms with Crippen molar-refractivity contribution in [3.63, 3.8) is 0 Å². The molecule has 0 saturated carbocycles. The molecule has 0 unspecified atom stereocenters. The number of nitrogens with zero attached hydrogens (tertiary/aromatic N) is 1. The third-order valence-electron chi connectivity index (χ3n) is 1.49. The fourth-order valence-electron chi connectivity index (χ4n) is 0.985. The molecule has 0 aliphatic rings. The molecule has 1 aromatic heterocycles. The molecule has 1 aromatic carbocycles. The van der Waals surface area contributed by atoms with Crippen molar-refractivity contribution in [2.45, 2.75) is 5.22 Å². The molecule has 0 amide bonds. The van der Waals surface area contributed by atoms with Crippen LogP contribution in [0.3, 0.4) is 0 Å². The number of hydrogen-bond acceptors (Lipinski definition) is 3. The van der Waals surface area contributed by atoms with E-state index in [1.807, 2.05) is 24.3 Å². The van der Waals surface area contributed by atoms with Crippen molar-refractivity contribution in [1.82, 2.24) is 4.98 Å². The molecule has 0 radical (unpaired) electrons. The maximum atomic E-state index is 5.41. The molecule has 1 heterocycles. The Bertz CT molecular complexity index is 405. The lowest BCUT2D eigenvalue weighted by atomic mass is 10.3. The highest BCUT2D eigenvalue weighted by molar-refractivity contribution is 8.02. The van der Waals surface area contributed by atoms with Gasteiger partial charge in [-0.3, -0.25) is 0 Å². The lowest BCUT2D eigenvalue weighted by Gasteiger charge is -1.82. The monoisotopic (exact) mass is 211 g/mol. The Morgan fingerprint density at radius 1 is 1.38 bits per heavy atom. The maximum absolute atomic E-state index is 5.41. The van der Waals surface area contributed by atoms with Crippen molar-refractivity contribution in [1.29, 1.82) is 0 Å². The Morgan fingerprint density at radius 3 is 3.00 bits per heavy atom. The van der Waals surface area contributed by atoms with Gasteiger partial charge in [0.2, 0.25) is 0 Å². The number of aromatic nitrogens is 1. The van der Waals surface area contributed by atoms with Crippen LogP contribution in [-0.2, 0) is 0 Å². The first-order valence-electron chi connectivity index (χ1n) is 3.67. The molecule has 4 heteroatoms. The number of thioether (sulfide) groups is 1. The minimum Gasteiger partial charge on any atom is -0.431 e. The van der Waals surface area contributed by atoms with E-state index >= 15 is 0 Å². The minimum absolute atomic E-state index is 0.609. The minimum atomic E-state index is 0.609. The smallest absolute Gasteiger partial charge is 0.261 e. The highest BCUT2D eigenvalue weighted by Crippen LogP contribution is 2.23. The summed E-state index contributed by atoms with van der Waals surface area (Å²) in [5.41, 5.74) is 3.10. The average molecular weight is 212 g/mol. The van der Waals surface area contributed by atoms with E-state index < -0.39 is 0 Å². The summed E-state index contributed by atoms with van der Waals surface area (Å²) in [6, 6.07) is 7.64. The van der Waals surface area contributed by atoms with Gasteiger partial charge >= 0.3 is 0 Å². The van der Waals surface area contributed by atoms with Crippen LogP contribution in [0.5, 0.6) is 0 Å². The van der Waals surface area contributed by atoms with Crippen molar-refractivity contribution in [2.75, 3.05) is 0 Å². The molecule has 0 atom stereocenters. The van der Waals surface area contributed by atoms with Crippen molar-refractivity contribution in [3.8, 4) is 0 Å². The second-order valence-corrected chi connectivity index (χ2v) is 3.44. The van der Waals surface area contributed by atoms with E-state index in [0.29, 0.717) is 5.22 Å². The Labute approximate surface area is 84.6 Å². The van der Waals surface area contributed by atoms with E-state index in [2.05, 4.69) is 4.98 Å².